The number of hydrogen-bond acceptors (Lipinski definition) is 3. The van der Waals surface area contributed by atoms with Gasteiger partial charge in [-0.3, -0.25) is 4.79 Å². The van der Waals surface area contributed by atoms with E-state index in [4.69, 9.17) is 4.74 Å². The van der Waals surface area contributed by atoms with Crippen LogP contribution >= 0.6 is 0 Å². The van der Waals surface area contributed by atoms with Crippen LogP contribution in [0.5, 0.6) is 0 Å². The molecular formula is C9H13NO2. The van der Waals surface area contributed by atoms with Gasteiger partial charge in [-0.2, -0.15) is 0 Å². The van der Waals surface area contributed by atoms with Crippen molar-refractivity contribution in [1.82, 2.24) is 5.32 Å². The van der Waals surface area contributed by atoms with Crippen molar-refractivity contribution in [3.8, 4) is 0 Å². The van der Waals surface area contributed by atoms with Crippen LogP contribution in [0.4, 0.5) is 0 Å². The highest BCUT2D eigenvalue weighted by Gasteiger charge is 2.13. The van der Waals surface area contributed by atoms with Crippen LogP contribution in [0.2, 0.25) is 0 Å². The predicted molar refractivity (Wildman–Crippen MR) is 46.7 cm³/mol. The quantitative estimate of drug-likeness (QED) is 0.482. The molecule has 0 fully saturated rings. The number of Topliss-reactive ketones (excluding diaryl/α,β-unsaturated/α-hetero) is 1. The SMILES string of the molecule is C=CCNCC(=O)C1=CCCO1. The molecule has 0 spiro atoms. The highest BCUT2D eigenvalue weighted by atomic mass is 16.5. The normalized spacial score (nSPS) is 15.2. The smallest absolute Gasteiger partial charge is 0.210 e. The van der Waals surface area contributed by atoms with E-state index in [-0.39, 0.29) is 5.78 Å². The molecule has 66 valence electrons. The summed E-state index contributed by atoms with van der Waals surface area (Å²) >= 11 is 0. The van der Waals surface area contributed by atoms with E-state index in [9.17, 15) is 4.79 Å². The van der Waals surface area contributed by atoms with Gasteiger partial charge in [0.05, 0.1) is 13.2 Å². The average Bonchev–Trinajstić information content (AvgIpc) is 2.56. The number of hydrogen-bond donors (Lipinski definition) is 1. The van der Waals surface area contributed by atoms with Gasteiger partial charge in [0.25, 0.3) is 0 Å². The van der Waals surface area contributed by atoms with Gasteiger partial charge in [0.1, 0.15) is 0 Å². The summed E-state index contributed by atoms with van der Waals surface area (Å²) in [5, 5.41) is 2.92. The first-order chi connectivity index (χ1) is 5.84. The molecule has 0 aromatic rings. The van der Waals surface area contributed by atoms with Crippen molar-refractivity contribution in [3.63, 3.8) is 0 Å². The zero-order chi connectivity index (χ0) is 8.81. The Morgan fingerprint density at radius 1 is 1.83 bits per heavy atom. The molecule has 0 radical (unpaired) electrons. The van der Waals surface area contributed by atoms with Gasteiger partial charge in [-0.1, -0.05) is 6.08 Å². The molecule has 0 aliphatic carbocycles. The molecule has 1 aliphatic heterocycles. The van der Waals surface area contributed by atoms with Gasteiger partial charge in [-0.15, -0.1) is 6.58 Å². The summed E-state index contributed by atoms with van der Waals surface area (Å²) in [6.45, 7) is 5.16. The second-order valence-corrected chi connectivity index (χ2v) is 2.55. The highest BCUT2D eigenvalue weighted by molar-refractivity contribution is 5.95. The van der Waals surface area contributed by atoms with E-state index in [0.717, 1.165) is 6.42 Å². The zero-order valence-electron chi connectivity index (χ0n) is 7.01. The van der Waals surface area contributed by atoms with Crippen molar-refractivity contribution in [2.75, 3.05) is 19.7 Å². The number of ketones is 1. The fourth-order valence-corrected chi connectivity index (χ4v) is 0.987. The molecule has 0 atom stereocenters. The third-order valence-electron chi connectivity index (χ3n) is 1.55. The van der Waals surface area contributed by atoms with E-state index in [1.807, 2.05) is 6.08 Å². The lowest BCUT2D eigenvalue weighted by atomic mass is 10.3. The van der Waals surface area contributed by atoms with Crippen molar-refractivity contribution in [2.24, 2.45) is 0 Å². The number of ether oxygens (including phenoxy) is 1. The summed E-state index contributed by atoms with van der Waals surface area (Å²) in [4.78, 5) is 11.2. The van der Waals surface area contributed by atoms with E-state index in [1.54, 1.807) is 6.08 Å². The molecule has 0 aromatic carbocycles. The molecule has 0 bridgehead atoms. The lowest BCUT2D eigenvalue weighted by Crippen LogP contribution is -2.24. The fourth-order valence-electron chi connectivity index (χ4n) is 0.987. The van der Waals surface area contributed by atoms with Crippen LogP contribution in [0.3, 0.4) is 0 Å². The Morgan fingerprint density at radius 3 is 3.25 bits per heavy atom. The van der Waals surface area contributed by atoms with Crippen molar-refractivity contribution >= 4 is 5.78 Å². The van der Waals surface area contributed by atoms with Crippen LogP contribution in [0, 0.1) is 0 Å². The number of rotatable bonds is 5. The molecule has 0 saturated heterocycles. The fraction of sp³-hybridized carbons (Fsp3) is 0.444. The Labute approximate surface area is 72.1 Å². The van der Waals surface area contributed by atoms with Gasteiger partial charge in [0.2, 0.25) is 5.78 Å². The summed E-state index contributed by atoms with van der Waals surface area (Å²) in [7, 11) is 0. The van der Waals surface area contributed by atoms with Gasteiger partial charge < -0.3 is 10.1 Å². The summed E-state index contributed by atoms with van der Waals surface area (Å²) in [5.41, 5.74) is 0. The molecule has 3 nitrogen and oxygen atoms in total. The maximum Gasteiger partial charge on any atom is 0.210 e. The lowest BCUT2D eigenvalue weighted by molar-refractivity contribution is -0.117. The Hall–Kier alpha value is -1.09. The largest absolute Gasteiger partial charge is 0.490 e. The molecule has 1 rings (SSSR count). The van der Waals surface area contributed by atoms with Crippen LogP contribution in [0.1, 0.15) is 6.42 Å². The van der Waals surface area contributed by atoms with Crippen molar-refractivity contribution < 1.29 is 9.53 Å². The second-order valence-electron chi connectivity index (χ2n) is 2.55. The molecule has 12 heavy (non-hydrogen) atoms. The lowest BCUT2D eigenvalue weighted by Gasteiger charge is -2.02. The van der Waals surface area contributed by atoms with Crippen LogP contribution in [-0.2, 0) is 9.53 Å². The number of nitrogens with one attached hydrogen (secondary N) is 1. The topological polar surface area (TPSA) is 38.3 Å². The minimum absolute atomic E-state index is 0.0225. The first-order valence-corrected chi connectivity index (χ1v) is 4.02. The summed E-state index contributed by atoms with van der Waals surface area (Å²) in [6, 6.07) is 0. The van der Waals surface area contributed by atoms with Gasteiger partial charge in [0, 0.05) is 13.0 Å². The monoisotopic (exact) mass is 167 g/mol. The van der Waals surface area contributed by atoms with Crippen molar-refractivity contribution in [2.45, 2.75) is 6.42 Å². The standard InChI is InChI=1S/C9H13NO2/c1-2-5-10-7-8(11)9-4-3-6-12-9/h2,4,10H,1,3,5-7H2. The summed E-state index contributed by atoms with van der Waals surface area (Å²) < 4.78 is 5.09. The molecule has 0 amide bonds. The van der Waals surface area contributed by atoms with Gasteiger partial charge in [-0.25, -0.2) is 0 Å². The third kappa shape index (κ3) is 2.51. The molecule has 0 aromatic heterocycles. The second kappa shape index (κ2) is 4.72. The maximum atomic E-state index is 11.2. The molecule has 1 N–H and O–H groups in total. The molecule has 0 unspecified atom stereocenters. The average molecular weight is 167 g/mol. The Kier molecular flexibility index (Phi) is 3.54. The Balaban J connectivity index is 2.23. The molecule has 3 heteroatoms. The molecule has 0 saturated carbocycles. The number of carbonyl (C=O) groups excluding carboxylic acids is 1. The van der Waals surface area contributed by atoms with E-state index in [2.05, 4.69) is 11.9 Å². The first-order valence-electron chi connectivity index (χ1n) is 4.02. The minimum Gasteiger partial charge on any atom is -0.490 e. The maximum absolute atomic E-state index is 11.2. The van der Waals surface area contributed by atoms with E-state index in [0.29, 0.717) is 25.5 Å². The van der Waals surface area contributed by atoms with Crippen LogP contribution < -0.4 is 5.32 Å². The van der Waals surface area contributed by atoms with E-state index in [1.165, 1.54) is 0 Å². The van der Waals surface area contributed by atoms with Gasteiger partial charge in [-0.05, 0) is 6.08 Å². The predicted octanol–water partition coefficient (Wildman–Crippen LogP) is 0.635. The van der Waals surface area contributed by atoms with Crippen molar-refractivity contribution in [1.29, 1.82) is 0 Å². The van der Waals surface area contributed by atoms with Crippen molar-refractivity contribution in [3.05, 3.63) is 24.5 Å². The molecule has 1 heterocycles. The van der Waals surface area contributed by atoms with Crippen LogP contribution in [0.15, 0.2) is 24.5 Å². The summed E-state index contributed by atoms with van der Waals surface area (Å²) in [6.07, 6.45) is 4.40. The third-order valence-corrected chi connectivity index (χ3v) is 1.55. The van der Waals surface area contributed by atoms with E-state index >= 15 is 0 Å². The Bertz CT molecular complexity index is 209. The Morgan fingerprint density at radius 2 is 2.67 bits per heavy atom. The van der Waals surface area contributed by atoms with Gasteiger partial charge in [0.15, 0.2) is 5.76 Å². The first kappa shape index (κ1) is 9.00. The van der Waals surface area contributed by atoms with Crippen LogP contribution in [-0.4, -0.2) is 25.5 Å². The summed E-state index contributed by atoms with van der Waals surface area (Å²) in [5.74, 6) is 0.529. The zero-order valence-corrected chi connectivity index (χ0v) is 7.01. The highest BCUT2D eigenvalue weighted by Crippen LogP contribution is 2.08. The van der Waals surface area contributed by atoms with Gasteiger partial charge >= 0.3 is 0 Å². The molecular weight excluding hydrogens is 154 g/mol. The minimum atomic E-state index is 0.0225. The van der Waals surface area contributed by atoms with E-state index < -0.39 is 0 Å². The van der Waals surface area contributed by atoms with Crippen LogP contribution in [0.25, 0.3) is 0 Å². The molecule has 1 aliphatic rings. The number of carbonyl (C=O) groups is 1.